The lowest BCUT2D eigenvalue weighted by Gasteiger charge is -2.13. The number of anilines is 1. The number of hydrogen-bond donors (Lipinski definition) is 2. The molecule has 1 unspecified atom stereocenters. The van der Waals surface area contributed by atoms with Crippen molar-refractivity contribution in [3.8, 4) is 5.69 Å². The number of thioether (sulfide) groups is 1. The van der Waals surface area contributed by atoms with Crippen molar-refractivity contribution in [2.75, 3.05) is 5.32 Å². The Bertz CT molecular complexity index is 1290. The van der Waals surface area contributed by atoms with E-state index < -0.39 is 5.25 Å². The Balaban J connectivity index is 1.46. The molecule has 1 heterocycles. The summed E-state index contributed by atoms with van der Waals surface area (Å²) in [6.07, 6.45) is 1.57. The maximum atomic E-state index is 12.6. The minimum Gasteiger partial charge on any atom is -0.378 e. The summed E-state index contributed by atoms with van der Waals surface area (Å²) in [5.74, 6) is 0.464. The first-order valence-electron chi connectivity index (χ1n) is 10.7. The van der Waals surface area contributed by atoms with Crippen LogP contribution in [0.3, 0.4) is 0 Å². The fraction of sp³-hybridized carbons (Fsp3) is 0.120. The quantitative estimate of drug-likeness (QED) is 0.164. The molecule has 0 saturated heterocycles. The first kappa shape index (κ1) is 24.8. The third-order valence-electron chi connectivity index (χ3n) is 4.92. The van der Waals surface area contributed by atoms with Gasteiger partial charge in [-0.05, 0) is 61.0 Å². The molecular formula is C25H22Cl2N6OS. The molecule has 10 heteroatoms. The van der Waals surface area contributed by atoms with Crippen LogP contribution in [-0.2, 0) is 11.3 Å². The molecule has 178 valence electrons. The summed E-state index contributed by atoms with van der Waals surface area (Å²) < 4.78 is 1.94. The summed E-state index contributed by atoms with van der Waals surface area (Å²) >= 11 is 13.2. The van der Waals surface area contributed by atoms with Crippen molar-refractivity contribution >= 4 is 52.8 Å². The molecule has 4 aromatic rings. The largest absolute Gasteiger partial charge is 0.378 e. The van der Waals surface area contributed by atoms with E-state index in [-0.39, 0.29) is 5.91 Å². The molecule has 4 rings (SSSR count). The van der Waals surface area contributed by atoms with E-state index in [1.807, 2.05) is 71.3 Å². The SMILES string of the molecule is CC(Sc1nnc(CNc2ccc(Cl)cc2)n1-c1ccccc1)C(=O)N/N=C/c1ccc(Cl)cc1. The van der Waals surface area contributed by atoms with Crippen molar-refractivity contribution in [1.29, 1.82) is 0 Å². The first-order chi connectivity index (χ1) is 17.0. The van der Waals surface area contributed by atoms with Crippen LogP contribution in [-0.4, -0.2) is 32.1 Å². The van der Waals surface area contributed by atoms with Crippen LogP contribution >= 0.6 is 35.0 Å². The van der Waals surface area contributed by atoms with Gasteiger partial charge >= 0.3 is 0 Å². The molecule has 3 aromatic carbocycles. The lowest BCUT2D eigenvalue weighted by atomic mass is 10.2. The van der Waals surface area contributed by atoms with Gasteiger partial charge in [0.05, 0.1) is 18.0 Å². The Kier molecular flexibility index (Phi) is 8.41. The molecule has 1 amide bonds. The first-order valence-corrected chi connectivity index (χ1v) is 12.4. The summed E-state index contributed by atoms with van der Waals surface area (Å²) in [5.41, 5.74) is 5.23. The van der Waals surface area contributed by atoms with Gasteiger partial charge in [0.1, 0.15) is 0 Å². The number of carbonyl (C=O) groups is 1. The lowest BCUT2D eigenvalue weighted by molar-refractivity contribution is -0.120. The molecule has 7 nitrogen and oxygen atoms in total. The molecule has 0 bridgehead atoms. The van der Waals surface area contributed by atoms with Crippen LogP contribution in [0.15, 0.2) is 89.1 Å². The van der Waals surface area contributed by atoms with Crippen LogP contribution in [0.2, 0.25) is 10.0 Å². The highest BCUT2D eigenvalue weighted by molar-refractivity contribution is 8.00. The number of para-hydroxylation sites is 1. The number of hydrazone groups is 1. The number of benzene rings is 3. The van der Waals surface area contributed by atoms with Gasteiger partial charge in [0.15, 0.2) is 11.0 Å². The highest BCUT2D eigenvalue weighted by Crippen LogP contribution is 2.26. The van der Waals surface area contributed by atoms with Crippen LogP contribution in [0.4, 0.5) is 5.69 Å². The van der Waals surface area contributed by atoms with Gasteiger partial charge in [-0.15, -0.1) is 10.2 Å². The fourth-order valence-corrected chi connectivity index (χ4v) is 4.23. The summed E-state index contributed by atoms with van der Waals surface area (Å²) in [6, 6.07) is 24.4. The van der Waals surface area contributed by atoms with Crippen LogP contribution < -0.4 is 10.7 Å². The van der Waals surface area contributed by atoms with Crippen LogP contribution in [0, 0.1) is 0 Å². The average Bonchev–Trinajstić information content (AvgIpc) is 3.27. The van der Waals surface area contributed by atoms with Crippen molar-refractivity contribution in [2.24, 2.45) is 5.10 Å². The molecule has 0 saturated carbocycles. The van der Waals surface area contributed by atoms with Gasteiger partial charge in [-0.25, -0.2) is 5.43 Å². The zero-order valence-electron chi connectivity index (χ0n) is 18.7. The Labute approximate surface area is 217 Å². The summed E-state index contributed by atoms with van der Waals surface area (Å²) in [5, 5.41) is 17.6. The van der Waals surface area contributed by atoms with Crippen LogP contribution in [0.25, 0.3) is 5.69 Å². The van der Waals surface area contributed by atoms with Crippen LogP contribution in [0.5, 0.6) is 0 Å². The van der Waals surface area contributed by atoms with Gasteiger partial charge in [-0.2, -0.15) is 5.10 Å². The maximum Gasteiger partial charge on any atom is 0.253 e. The Morgan fingerprint density at radius 2 is 1.66 bits per heavy atom. The number of nitrogens with one attached hydrogen (secondary N) is 2. The van der Waals surface area contributed by atoms with E-state index in [1.54, 1.807) is 25.3 Å². The standard InChI is InChI=1S/C25H22Cl2N6OS/c1-17(24(34)31-29-15-18-7-9-19(26)10-8-18)35-25-32-30-23(33(25)22-5-3-2-4-6-22)16-28-21-13-11-20(27)12-14-21/h2-15,17,28H,16H2,1H3,(H,31,34)/b29-15+. The lowest BCUT2D eigenvalue weighted by Crippen LogP contribution is -2.27. The molecule has 0 radical (unpaired) electrons. The van der Waals surface area contributed by atoms with Gasteiger partial charge in [-0.1, -0.05) is 65.3 Å². The van der Waals surface area contributed by atoms with Gasteiger partial charge in [0.2, 0.25) is 0 Å². The molecule has 2 N–H and O–H groups in total. The van der Waals surface area contributed by atoms with E-state index in [1.165, 1.54) is 11.8 Å². The molecular weight excluding hydrogens is 503 g/mol. The van der Waals surface area contributed by atoms with Crippen molar-refractivity contribution in [3.05, 3.63) is 100 Å². The number of halogens is 2. The molecule has 35 heavy (non-hydrogen) atoms. The average molecular weight is 525 g/mol. The Morgan fingerprint density at radius 1 is 1.00 bits per heavy atom. The summed E-state index contributed by atoms with van der Waals surface area (Å²) in [4.78, 5) is 12.6. The molecule has 0 aliphatic carbocycles. The van der Waals surface area contributed by atoms with Crippen molar-refractivity contribution in [1.82, 2.24) is 20.2 Å². The second-order valence-electron chi connectivity index (χ2n) is 7.48. The highest BCUT2D eigenvalue weighted by atomic mass is 35.5. The van der Waals surface area contributed by atoms with Gasteiger partial charge in [-0.3, -0.25) is 9.36 Å². The Hall–Kier alpha value is -3.33. The third-order valence-corrected chi connectivity index (χ3v) is 6.47. The monoisotopic (exact) mass is 524 g/mol. The van der Waals surface area contributed by atoms with E-state index in [0.717, 1.165) is 16.9 Å². The number of carbonyl (C=O) groups excluding carboxylic acids is 1. The Morgan fingerprint density at radius 3 is 2.34 bits per heavy atom. The predicted molar refractivity (Wildman–Crippen MR) is 143 cm³/mol. The van der Waals surface area contributed by atoms with Gasteiger partial charge < -0.3 is 5.32 Å². The maximum absolute atomic E-state index is 12.6. The van der Waals surface area contributed by atoms with Gasteiger partial charge in [0.25, 0.3) is 5.91 Å². The third kappa shape index (κ3) is 6.85. The molecule has 0 fully saturated rings. The molecule has 1 atom stereocenters. The molecule has 1 aromatic heterocycles. The number of amides is 1. The minimum atomic E-state index is -0.457. The number of nitrogens with zero attached hydrogens (tertiary/aromatic N) is 4. The molecule has 0 aliphatic heterocycles. The summed E-state index contributed by atoms with van der Waals surface area (Å²) in [7, 11) is 0. The van der Waals surface area contributed by atoms with E-state index in [2.05, 4.69) is 26.0 Å². The molecule has 0 aliphatic rings. The van der Waals surface area contributed by atoms with Crippen molar-refractivity contribution in [3.63, 3.8) is 0 Å². The van der Waals surface area contributed by atoms with E-state index in [4.69, 9.17) is 23.2 Å². The fourth-order valence-electron chi connectivity index (χ4n) is 3.10. The van der Waals surface area contributed by atoms with E-state index >= 15 is 0 Å². The topological polar surface area (TPSA) is 84.2 Å². The normalized spacial score (nSPS) is 12.0. The summed E-state index contributed by atoms with van der Waals surface area (Å²) in [6.45, 7) is 2.24. The second kappa shape index (κ2) is 11.9. The predicted octanol–water partition coefficient (Wildman–Crippen LogP) is 5.82. The minimum absolute atomic E-state index is 0.247. The number of rotatable bonds is 9. The number of aromatic nitrogens is 3. The number of hydrogen-bond acceptors (Lipinski definition) is 6. The zero-order chi connectivity index (χ0) is 24.6. The zero-order valence-corrected chi connectivity index (χ0v) is 21.1. The highest BCUT2D eigenvalue weighted by Gasteiger charge is 2.21. The molecule has 0 spiro atoms. The smallest absolute Gasteiger partial charge is 0.253 e. The van der Waals surface area contributed by atoms with E-state index in [9.17, 15) is 4.79 Å². The van der Waals surface area contributed by atoms with E-state index in [0.29, 0.717) is 27.6 Å². The van der Waals surface area contributed by atoms with Crippen molar-refractivity contribution < 1.29 is 4.79 Å². The van der Waals surface area contributed by atoms with Crippen LogP contribution in [0.1, 0.15) is 18.3 Å². The van der Waals surface area contributed by atoms with Gasteiger partial charge in [0, 0.05) is 21.4 Å². The van der Waals surface area contributed by atoms with Crippen molar-refractivity contribution in [2.45, 2.75) is 23.9 Å². The second-order valence-corrected chi connectivity index (χ2v) is 9.66.